The van der Waals surface area contributed by atoms with Gasteiger partial charge >= 0.3 is 5.97 Å². The van der Waals surface area contributed by atoms with Crippen molar-refractivity contribution in [3.05, 3.63) is 41.2 Å². The SMILES string of the molecule is O=C(O)/C=C/c1cc(F)ccc1CN1CCCC1=O. The van der Waals surface area contributed by atoms with E-state index >= 15 is 0 Å². The molecule has 1 N–H and O–H groups in total. The number of likely N-dealkylation sites (tertiary alicyclic amines) is 1. The number of hydrogen-bond acceptors (Lipinski definition) is 2. The van der Waals surface area contributed by atoms with Crippen LogP contribution in [-0.2, 0) is 16.1 Å². The molecule has 1 fully saturated rings. The largest absolute Gasteiger partial charge is 0.478 e. The van der Waals surface area contributed by atoms with Crippen LogP contribution in [0.2, 0.25) is 0 Å². The van der Waals surface area contributed by atoms with Crippen LogP contribution in [0.25, 0.3) is 6.08 Å². The Morgan fingerprint density at radius 3 is 2.89 bits per heavy atom. The predicted octanol–water partition coefficient (Wildman–Crippen LogP) is 2.05. The average molecular weight is 263 g/mol. The summed E-state index contributed by atoms with van der Waals surface area (Å²) in [6, 6.07) is 4.17. The normalized spacial score (nSPS) is 15.4. The van der Waals surface area contributed by atoms with E-state index in [0.717, 1.165) is 18.1 Å². The zero-order valence-electron chi connectivity index (χ0n) is 10.3. The standard InChI is InChI=1S/C14H14FNO3/c15-12-5-3-11(9-16-7-1-2-13(16)17)10(8-12)4-6-14(18)19/h3-6,8H,1-2,7,9H2,(H,18,19)/b6-4+. The number of benzene rings is 1. The summed E-state index contributed by atoms with van der Waals surface area (Å²) in [4.78, 5) is 23.8. The molecule has 1 heterocycles. The van der Waals surface area contributed by atoms with Crippen LogP contribution in [0.5, 0.6) is 0 Å². The van der Waals surface area contributed by atoms with Gasteiger partial charge in [0.25, 0.3) is 0 Å². The molecule has 1 amide bonds. The monoisotopic (exact) mass is 263 g/mol. The topological polar surface area (TPSA) is 57.6 Å². The highest BCUT2D eigenvalue weighted by molar-refractivity contribution is 5.85. The van der Waals surface area contributed by atoms with E-state index in [1.165, 1.54) is 18.2 Å². The van der Waals surface area contributed by atoms with Crippen molar-refractivity contribution in [2.45, 2.75) is 19.4 Å². The maximum absolute atomic E-state index is 13.2. The number of hydrogen-bond donors (Lipinski definition) is 1. The van der Waals surface area contributed by atoms with E-state index in [1.54, 1.807) is 11.0 Å². The number of rotatable bonds is 4. The van der Waals surface area contributed by atoms with E-state index in [4.69, 9.17) is 5.11 Å². The molecule has 0 bridgehead atoms. The molecule has 100 valence electrons. The summed E-state index contributed by atoms with van der Waals surface area (Å²) in [7, 11) is 0. The Kier molecular flexibility index (Phi) is 3.94. The first-order valence-corrected chi connectivity index (χ1v) is 6.03. The molecule has 1 aromatic carbocycles. The van der Waals surface area contributed by atoms with Gasteiger partial charge in [-0.1, -0.05) is 6.07 Å². The van der Waals surface area contributed by atoms with Gasteiger partial charge in [0.1, 0.15) is 5.82 Å². The van der Waals surface area contributed by atoms with Crippen molar-refractivity contribution in [1.29, 1.82) is 0 Å². The second kappa shape index (κ2) is 5.65. The van der Waals surface area contributed by atoms with Crippen LogP contribution in [0.15, 0.2) is 24.3 Å². The Labute approximate surface area is 110 Å². The van der Waals surface area contributed by atoms with Crippen molar-refractivity contribution in [1.82, 2.24) is 4.90 Å². The van der Waals surface area contributed by atoms with Gasteiger partial charge in [-0.3, -0.25) is 4.79 Å². The fourth-order valence-corrected chi connectivity index (χ4v) is 2.10. The van der Waals surface area contributed by atoms with Gasteiger partial charge < -0.3 is 10.0 Å². The first kappa shape index (κ1) is 13.3. The van der Waals surface area contributed by atoms with Gasteiger partial charge in [0.2, 0.25) is 5.91 Å². The number of amides is 1. The second-order valence-corrected chi connectivity index (χ2v) is 4.43. The van der Waals surface area contributed by atoms with Gasteiger partial charge in [0, 0.05) is 25.6 Å². The minimum Gasteiger partial charge on any atom is -0.478 e. The lowest BCUT2D eigenvalue weighted by Crippen LogP contribution is -2.24. The number of carboxylic acids is 1. The first-order chi connectivity index (χ1) is 9.06. The Hall–Kier alpha value is -2.17. The molecule has 0 aliphatic carbocycles. The molecule has 0 saturated carbocycles. The van der Waals surface area contributed by atoms with E-state index < -0.39 is 11.8 Å². The molecular weight excluding hydrogens is 249 g/mol. The quantitative estimate of drug-likeness (QED) is 0.846. The van der Waals surface area contributed by atoms with Crippen LogP contribution >= 0.6 is 0 Å². The number of nitrogens with zero attached hydrogens (tertiary/aromatic N) is 1. The van der Waals surface area contributed by atoms with Gasteiger partial charge in [-0.25, -0.2) is 9.18 Å². The molecule has 1 saturated heterocycles. The molecule has 1 aliphatic heterocycles. The van der Waals surface area contributed by atoms with Crippen LogP contribution in [0.1, 0.15) is 24.0 Å². The second-order valence-electron chi connectivity index (χ2n) is 4.43. The van der Waals surface area contributed by atoms with Crippen molar-refractivity contribution in [2.75, 3.05) is 6.54 Å². The van der Waals surface area contributed by atoms with Crippen molar-refractivity contribution >= 4 is 18.0 Å². The highest BCUT2D eigenvalue weighted by Gasteiger charge is 2.20. The molecule has 5 heteroatoms. The van der Waals surface area contributed by atoms with Crippen LogP contribution in [-0.4, -0.2) is 28.4 Å². The molecular formula is C14H14FNO3. The maximum Gasteiger partial charge on any atom is 0.328 e. The number of carbonyl (C=O) groups excluding carboxylic acids is 1. The summed E-state index contributed by atoms with van der Waals surface area (Å²) in [5.74, 6) is -1.44. The van der Waals surface area contributed by atoms with Crippen molar-refractivity contribution in [3.8, 4) is 0 Å². The van der Waals surface area contributed by atoms with Gasteiger partial charge in [-0.15, -0.1) is 0 Å². The molecule has 4 nitrogen and oxygen atoms in total. The molecule has 0 unspecified atom stereocenters. The smallest absolute Gasteiger partial charge is 0.328 e. The Bertz CT molecular complexity index is 539. The van der Waals surface area contributed by atoms with Crippen LogP contribution in [0.3, 0.4) is 0 Å². The van der Waals surface area contributed by atoms with Gasteiger partial charge in [-0.2, -0.15) is 0 Å². The number of carboxylic acid groups (broad SMARTS) is 1. The molecule has 1 aromatic rings. The van der Waals surface area contributed by atoms with Gasteiger partial charge in [-0.05, 0) is 35.8 Å². The van der Waals surface area contributed by atoms with E-state index in [2.05, 4.69) is 0 Å². The predicted molar refractivity (Wildman–Crippen MR) is 67.7 cm³/mol. The Morgan fingerprint density at radius 1 is 1.47 bits per heavy atom. The zero-order valence-corrected chi connectivity index (χ0v) is 10.3. The van der Waals surface area contributed by atoms with Crippen molar-refractivity contribution in [3.63, 3.8) is 0 Å². The molecule has 2 rings (SSSR count). The van der Waals surface area contributed by atoms with Crippen LogP contribution in [0.4, 0.5) is 4.39 Å². The third kappa shape index (κ3) is 3.40. The molecule has 0 spiro atoms. The number of aliphatic carboxylic acids is 1. The summed E-state index contributed by atoms with van der Waals surface area (Å²) < 4.78 is 13.2. The lowest BCUT2D eigenvalue weighted by atomic mass is 10.1. The summed E-state index contributed by atoms with van der Waals surface area (Å²) in [6.07, 6.45) is 3.69. The molecule has 19 heavy (non-hydrogen) atoms. The Balaban J connectivity index is 2.23. The molecule has 1 aliphatic rings. The highest BCUT2D eigenvalue weighted by atomic mass is 19.1. The zero-order chi connectivity index (χ0) is 13.8. The fraction of sp³-hybridized carbons (Fsp3) is 0.286. The number of carbonyl (C=O) groups is 2. The third-order valence-corrected chi connectivity index (χ3v) is 3.05. The molecule has 0 aromatic heterocycles. The number of halogens is 1. The van der Waals surface area contributed by atoms with Crippen molar-refractivity contribution in [2.24, 2.45) is 0 Å². The molecule has 0 radical (unpaired) electrons. The van der Waals surface area contributed by atoms with Crippen molar-refractivity contribution < 1.29 is 19.1 Å². The van der Waals surface area contributed by atoms with E-state index in [0.29, 0.717) is 25.1 Å². The summed E-state index contributed by atoms with van der Waals surface area (Å²) in [6.45, 7) is 1.08. The first-order valence-electron chi connectivity index (χ1n) is 6.03. The Morgan fingerprint density at radius 2 is 2.26 bits per heavy atom. The van der Waals surface area contributed by atoms with Crippen LogP contribution in [0, 0.1) is 5.82 Å². The summed E-state index contributed by atoms with van der Waals surface area (Å²) >= 11 is 0. The van der Waals surface area contributed by atoms with E-state index in [9.17, 15) is 14.0 Å². The minimum absolute atomic E-state index is 0.0810. The van der Waals surface area contributed by atoms with Gasteiger partial charge in [0.05, 0.1) is 0 Å². The fourth-order valence-electron chi connectivity index (χ4n) is 2.10. The minimum atomic E-state index is -1.09. The maximum atomic E-state index is 13.2. The highest BCUT2D eigenvalue weighted by Crippen LogP contribution is 2.19. The van der Waals surface area contributed by atoms with E-state index in [-0.39, 0.29) is 5.91 Å². The summed E-state index contributed by atoms with van der Waals surface area (Å²) in [5, 5.41) is 8.62. The lowest BCUT2D eigenvalue weighted by Gasteiger charge is -2.17. The molecule has 0 atom stereocenters. The summed E-state index contributed by atoms with van der Waals surface area (Å²) in [5.41, 5.74) is 1.23. The van der Waals surface area contributed by atoms with Gasteiger partial charge in [0.15, 0.2) is 0 Å². The third-order valence-electron chi connectivity index (χ3n) is 3.05. The van der Waals surface area contributed by atoms with Crippen LogP contribution < -0.4 is 0 Å². The lowest BCUT2D eigenvalue weighted by molar-refractivity contribution is -0.131. The van der Waals surface area contributed by atoms with E-state index in [1.807, 2.05) is 0 Å². The average Bonchev–Trinajstić information content (AvgIpc) is 2.75.